The fourth-order valence-electron chi connectivity index (χ4n) is 4.44. The minimum absolute atomic E-state index is 0.194. The Morgan fingerprint density at radius 1 is 0.853 bits per heavy atom. The van der Waals surface area contributed by atoms with Crippen LogP contribution in [0, 0.1) is 0 Å². The van der Waals surface area contributed by atoms with Crippen LogP contribution in [-0.2, 0) is 15.1 Å². The van der Waals surface area contributed by atoms with E-state index in [0.717, 1.165) is 41.9 Å². The topological polar surface area (TPSA) is 65.0 Å². The second-order valence-corrected chi connectivity index (χ2v) is 9.31. The fourth-order valence-corrected chi connectivity index (χ4v) is 4.44. The normalized spacial score (nSPS) is 20.0. The van der Waals surface area contributed by atoms with Gasteiger partial charge in [-0.2, -0.15) is 0 Å². The van der Waals surface area contributed by atoms with Crippen molar-refractivity contribution < 1.29 is 24.1 Å². The number of benzene rings is 2. The van der Waals surface area contributed by atoms with Crippen molar-refractivity contribution in [2.75, 3.05) is 13.2 Å². The third-order valence-electron chi connectivity index (χ3n) is 6.57. The first-order chi connectivity index (χ1) is 16.5. The summed E-state index contributed by atoms with van der Waals surface area (Å²) in [7, 11) is 0. The molecule has 0 amide bonds. The van der Waals surface area contributed by atoms with Crippen molar-refractivity contribution in [1.29, 1.82) is 0 Å². The third kappa shape index (κ3) is 7.76. The van der Waals surface area contributed by atoms with Crippen LogP contribution in [0.3, 0.4) is 0 Å². The van der Waals surface area contributed by atoms with Crippen molar-refractivity contribution in [2.24, 2.45) is 0 Å². The maximum absolute atomic E-state index is 11.7. The number of carbonyl (C=O) groups is 1. The van der Waals surface area contributed by atoms with Crippen molar-refractivity contribution in [1.82, 2.24) is 0 Å². The van der Waals surface area contributed by atoms with Crippen LogP contribution in [0.1, 0.15) is 83.6 Å². The Bertz CT molecular complexity index is 851. The van der Waals surface area contributed by atoms with Crippen molar-refractivity contribution >= 4 is 6.16 Å². The molecule has 1 aliphatic rings. The van der Waals surface area contributed by atoms with Crippen molar-refractivity contribution in [3.05, 3.63) is 54.1 Å². The average molecular weight is 469 g/mol. The number of ether oxygens (including phenoxy) is 3. The summed E-state index contributed by atoms with van der Waals surface area (Å²) in [5.74, 6) is 0.905. The predicted octanol–water partition coefficient (Wildman–Crippen LogP) is 7.40. The molecule has 1 N–H and O–H groups in total. The van der Waals surface area contributed by atoms with Crippen LogP contribution in [0.4, 0.5) is 4.79 Å². The number of aliphatic hydroxyl groups is 1. The van der Waals surface area contributed by atoms with E-state index in [1.807, 2.05) is 31.2 Å². The van der Waals surface area contributed by atoms with Gasteiger partial charge in [-0.25, -0.2) is 4.79 Å². The summed E-state index contributed by atoms with van der Waals surface area (Å²) in [6.45, 7) is 5.31. The number of unbranched alkanes of at least 4 members (excludes halogenated alkanes) is 4. The van der Waals surface area contributed by atoms with Gasteiger partial charge < -0.3 is 19.3 Å². The molecule has 0 aliphatic heterocycles. The molecule has 0 unspecified atom stereocenters. The van der Waals surface area contributed by atoms with E-state index < -0.39 is 11.8 Å². The summed E-state index contributed by atoms with van der Waals surface area (Å²) < 4.78 is 16.2. The number of rotatable bonds is 12. The molecule has 1 fully saturated rings. The SMILES string of the molecule is CCCCCCCOc1ccc(-c2ccc(C3(O)CCC(OC(=O)OCCC)CC3)cc2)cc1. The van der Waals surface area contributed by atoms with E-state index in [9.17, 15) is 9.90 Å². The van der Waals surface area contributed by atoms with Gasteiger partial charge in [-0.05, 0) is 67.3 Å². The lowest BCUT2D eigenvalue weighted by atomic mass is 9.78. The van der Waals surface area contributed by atoms with Crippen LogP contribution in [-0.4, -0.2) is 30.6 Å². The van der Waals surface area contributed by atoms with Crippen LogP contribution in [0.25, 0.3) is 11.1 Å². The molecule has 3 rings (SSSR count). The van der Waals surface area contributed by atoms with E-state index in [-0.39, 0.29) is 6.10 Å². The second kappa shape index (κ2) is 13.4. The van der Waals surface area contributed by atoms with E-state index in [0.29, 0.717) is 32.3 Å². The first kappa shape index (κ1) is 26.1. The maximum Gasteiger partial charge on any atom is 0.508 e. The highest BCUT2D eigenvalue weighted by molar-refractivity contribution is 5.64. The van der Waals surface area contributed by atoms with Gasteiger partial charge in [0.1, 0.15) is 11.9 Å². The molecule has 0 heterocycles. The Balaban J connectivity index is 1.48. The van der Waals surface area contributed by atoms with Gasteiger partial charge in [0, 0.05) is 0 Å². The number of hydrogen-bond acceptors (Lipinski definition) is 5. The molecule has 0 bridgehead atoms. The highest BCUT2D eigenvalue weighted by Gasteiger charge is 2.36. The molecule has 0 spiro atoms. The van der Waals surface area contributed by atoms with Crippen LogP contribution in [0.15, 0.2) is 48.5 Å². The lowest BCUT2D eigenvalue weighted by molar-refractivity contribution is -0.0536. The highest BCUT2D eigenvalue weighted by Crippen LogP contribution is 2.39. The first-order valence-corrected chi connectivity index (χ1v) is 12.9. The fraction of sp³-hybridized carbons (Fsp3) is 0.552. The van der Waals surface area contributed by atoms with Crippen LogP contribution in [0.2, 0.25) is 0 Å². The summed E-state index contributed by atoms with van der Waals surface area (Å²) in [6, 6.07) is 16.3. The Kier molecular flexibility index (Phi) is 10.3. The van der Waals surface area contributed by atoms with Gasteiger partial charge >= 0.3 is 6.16 Å². The Labute approximate surface area is 204 Å². The van der Waals surface area contributed by atoms with Crippen molar-refractivity contribution in [3.63, 3.8) is 0 Å². The van der Waals surface area contributed by atoms with Gasteiger partial charge in [0.25, 0.3) is 0 Å². The molecule has 0 aromatic heterocycles. The minimum atomic E-state index is -0.888. The van der Waals surface area contributed by atoms with Gasteiger partial charge in [-0.1, -0.05) is 75.9 Å². The Morgan fingerprint density at radius 3 is 2.09 bits per heavy atom. The monoisotopic (exact) mass is 468 g/mol. The van der Waals surface area contributed by atoms with Gasteiger partial charge in [0.05, 0.1) is 18.8 Å². The average Bonchev–Trinajstić information content (AvgIpc) is 2.87. The standard InChI is InChI=1S/C29H40O5/c1-3-5-6-7-8-22-32-26-15-11-24(12-16-26)23-9-13-25(14-10-23)29(31)19-17-27(18-20-29)34-28(30)33-21-4-2/h9-16,27,31H,3-8,17-22H2,1-2H3. The predicted molar refractivity (Wildman–Crippen MR) is 135 cm³/mol. The summed E-state index contributed by atoms with van der Waals surface area (Å²) in [5, 5.41) is 11.2. The molecule has 0 saturated heterocycles. The summed E-state index contributed by atoms with van der Waals surface area (Å²) in [4.78, 5) is 11.7. The van der Waals surface area contributed by atoms with Crippen LogP contribution in [0.5, 0.6) is 5.75 Å². The molecule has 2 aromatic carbocycles. The number of carbonyl (C=O) groups excluding carboxylic acids is 1. The van der Waals surface area contributed by atoms with Gasteiger partial charge in [0.15, 0.2) is 0 Å². The zero-order valence-electron chi connectivity index (χ0n) is 20.8. The second-order valence-electron chi connectivity index (χ2n) is 9.31. The summed E-state index contributed by atoms with van der Waals surface area (Å²) in [6.07, 6.45) is 8.50. The molecule has 5 nitrogen and oxygen atoms in total. The molecule has 0 atom stereocenters. The molecular weight excluding hydrogens is 428 g/mol. The van der Waals surface area contributed by atoms with Crippen molar-refractivity contribution in [3.8, 4) is 16.9 Å². The van der Waals surface area contributed by atoms with E-state index in [2.05, 4.69) is 31.2 Å². The zero-order chi connectivity index (χ0) is 24.2. The van der Waals surface area contributed by atoms with Gasteiger partial charge in [-0.3, -0.25) is 0 Å². The lowest BCUT2D eigenvalue weighted by Gasteiger charge is -2.36. The quantitative estimate of drug-likeness (QED) is 0.260. The Morgan fingerprint density at radius 2 is 1.47 bits per heavy atom. The van der Waals surface area contributed by atoms with Gasteiger partial charge in [0.2, 0.25) is 0 Å². The molecule has 34 heavy (non-hydrogen) atoms. The van der Waals surface area contributed by atoms with Crippen LogP contribution >= 0.6 is 0 Å². The van der Waals surface area contributed by atoms with Crippen LogP contribution < -0.4 is 4.74 Å². The smallest absolute Gasteiger partial charge is 0.494 e. The molecule has 186 valence electrons. The molecular formula is C29H40O5. The maximum atomic E-state index is 11.7. The molecule has 1 saturated carbocycles. The minimum Gasteiger partial charge on any atom is -0.494 e. The first-order valence-electron chi connectivity index (χ1n) is 12.9. The molecule has 1 aliphatic carbocycles. The Hall–Kier alpha value is -2.53. The van der Waals surface area contributed by atoms with Crippen molar-refractivity contribution in [2.45, 2.75) is 89.8 Å². The molecule has 2 aromatic rings. The zero-order valence-corrected chi connectivity index (χ0v) is 20.8. The summed E-state index contributed by atoms with van der Waals surface area (Å²) in [5.41, 5.74) is 2.25. The number of hydrogen-bond donors (Lipinski definition) is 1. The lowest BCUT2D eigenvalue weighted by Crippen LogP contribution is -2.35. The van der Waals surface area contributed by atoms with E-state index in [1.165, 1.54) is 25.7 Å². The third-order valence-corrected chi connectivity index (χ3v) is 6.57. The van der Waals surface area contributed by atoms with E-state index in [1.54, 1.807) is 0 Å². The molecule has 0 radical (unpaired) electrons. The van der Waals surface area contributed by atoms with Gasteiger partial charge in [-0.15, -0.1) is 0 Å². The highest BCUT2D eigenvalue weighted by atomic mass is 16.7. The largest absolute Gasteiger partial charge is 0.508 e. The molecule has 5 heteroatoms. The van der Waals surface area contributed by atoms with E-state index in [4.69, 9.17) is 14.2 Å². The summed E-state index contributed by atoms with van der Waals surface area (Å²) >= 11 is 0. The van der Waals surface area contributed by atoms with E-state index >= 15 is 0 Å².